The number of hydrogen-bond acceptors (Lipinski definition) is 2. The summed E-state index contributed by atoms with van der Waals surface area (Å²) in [5.41, 5.74) is 1.61. The fourth-order valence-corrected chi connectivity index (χ4v) is 5.90. The molecule has 3 rings (SSSR count). The molecule has 0 aliphatic heterocycles. The Morgan fingerprint density at radius 2 is 2.00 bits per heavy atom. The summed E-state index contributed by atoms with van der Waals surface area (Å²) < 4.78 is 1.46. The molecule has 1 heterocycles. The second-order valence-corrected chi connectivity index (χ2v) is 9.26. The van der Waals surface area contributed by atoms with Gasteiger partial charge in [-0.25, -0.2) is 0 Å². The van der Waals surface area contributed by atoms with Crippen LogP contribution in [-0.2, 0) is 6.42 Å². The molecule has 1 N–H and O–H groups in total. The minimum absolute atomic E-state index is 0.625. The van der Waals surface area contributed by atoms with Crippen molar-refractivity contribution in [3.8, 4) is 0 Å². The quantitative estimate of drug-likeness (QED) is 0.693. The summed E-state index contributed by atoms with van der Waals surface area (Å²) in [7, 11) is 0. The molecule has 2 atom stereocenters. The van der Waals surface area contributed by atoms with Crippen molar-refractivity contribution in [2.45, 2.75) is 70.4 Å². The summed E-state index contributed by atoms with van der Waals surface area (Å²) in [5.74, 6) is 0.914. The van der Waals surface area contributed by atoms with Crippen LogP contribution in [0.1, 0.15) is 68.4 Å². The molecule has 1 saturated carbocycles. The second-order valence-electron chi connectivity index (χ2n) is 6.23. The summed E-state index contributed by atoms with van der Waals surface area (Å²) in [6, 6.07) is 3.74. The van der Waals surface area contributed by atoms with Crippen LogP contribution in [0.5, 0.6) is 0 Å². The summed E-state index contributed by atoms with van der Waals surface area (Å²) in [4.78, 5) is 1.64. The number of halogens is 1. The molecule has 1 unspecified atom stereocenters. The standard InChI is InChI=1S/C16H24INS/c1-11(12-6-3-2-4-7-12)18-14-8-5-9-15-13(14)10-16(17)19-15/h10-12,14,18H,2-9H2,1H3/t11-,14?/m1/s1. The molecule has 2 aliphatic carbocycles. The molecule has 1 fully saturated rings. The molecule has 3 heteroatoms. The number of aryl methyl sites for hydroxylation is 1. The average molecular weight is 389 g/mol. The van der Waals surface area contributed by atoms with Gasteiger partial charge in [0.1, 0.15) is 0 Å². The van der Waals surface area contributed by atoms with Crippen molar-refractivity contribution in [1.29, 1.82) is 0 Å². The lowest BCUT2D eigenvalue weighted by Crippen LogP contribution is -2.38. The first-order valence-corrected chi connectivity index (χ1v) is 9.67. The van der Waals surface area contributed by atoms with Crippen molar-refractivity contribution in [3.05, 3.63) is 19.4 Å². The van der Waals surface area contributed by atoms with E-state index in [0.717, 1.165) is 5.92 Å². The van der Waals surface area contributed by atoms with Gasteiger partial charge in [0.25, 0.3) is 0 Å². The minimum Gasteiger partial charge on any atom is -0.307 e. The Morgan fingerprint density at radius 1 is 1.21 bits per heavy atom. The van der Waals surface area contributed by atoms with Gasteiger partial charge in [0.05, 0.1) is 2.88 Å². The van der Waals surface area contributed by atoms with Gasteiger partial charge in [0, 0.05) is 17.0 Å². The topological polar surface area (TPSA) is 12.0 Å². The van der Waals surface area contributed by atoms with Gasteiger partial charge in [-0.05, 0) is 79.2 Å². The van der Waals surface area contributed by atoms with Gasteiger partial charge in [0.2, 0.25) is 0 Å². The average Bonchev–Trinajstić information content (AvgIpc) is 2.81. The second kappa shape index (κ2) is 6.44. The molecule has 106 valence electrons. The number of fused-ring (bicyclic) bond motifs is 1. The molecule has 0 radical (unpaired) electrons. The summed E-state index contributed by atoms with van der Waals surface area (Å²) >= 11 is 4.48. The van der Waals surface area contributed by atoms with Crippen LogP contribution in [0.4, 0.5) is 0 Å². The van der Waals surface area contributed by atoms with E-state index in [0.29, 0.717) is 12.1 Å². The molecule has 19 heavy (non-hydrogen) atoms. The van der Waals surface area contributed by atoms with Crippen LogP contribution in [0.15, 0.2) is 6.07 Å². The van der Waals surface area contributed by atoms with Crippen molar-refractivity contribution < 1.29 is 0 Å². The number of thiophene rings is 1. The van der Waals surface area contributed by atoms with E-state index in [1.54, 1.807) is 10.4 Å². The van der Waals surface area contributed by atoms with Crippen molar-refractivity contribution in [2.24, 2.45) is 5.92 Å². The van der Waals surface area contributed by atoms with E-state index in [1.165, 1.54) is 54.3 Å². The Balaban J connectivity index is 1.66. The van der Waals surface area contributed by atoms with Crippen LogP contribution in [0, 0.1) is 8.80 Å². The highest BCUT2D eigenvalue weighted by Crippen LogP contribution is 2.37. The van der Waals surface area contributed by atoms with Crippen molar-refractivity contribution in [2.75, 3.05) is 0 Å². The molecule has 0 spiro atoms. The van der Waals surface area contributed by atoms with Gasteiger partial charge in [-0.3, -0.25) is 0 Å². The van der Waals surface area contributed by atoms with Crippen molar-refractivity contribution >= 4 is 33.9 Å². The van der Waals surface area contributed by atoms with Crippen LogP contribution >= 0.6 is 33.9 Å². The molecule has 0 amide bonds. The molecule has 1 nitrogen and oxygen atoms in total. The molecular weight excluding hydrogens is 365 g/mol. The predicted octanol–water partition coefficient (Wildman–Crippen LogP) is 5.29. The summed E-state index contributed by atoms with van der Waals surface area (Å²) in [6.45, 7) is 2.42. The van der Waals surface area contributed by atoms with E-state index in [2.05, 4.69) is 40.9 Å². The van der Waals surface area contributed by atoms with Crippen LogP contribution < -0.4 is 5.32 Å². The lowest BCUT2D eigenvalue weighted by molar-refractivity contribution is 0.257. The van der Waals surface area contributed by atoms with Crippen molar-refractivity contribution in [1.82, 2.24) is 5.32 Å². The Morgan fingerprint density at radius 3 is 2.79 bits per heavy atom. The maximum Gasteiger partial charge on any atom is 0.0659 e. The normalized spacial score (nSPS) is 26.1. The van der Waals surface area contributed by atoms with E-state index < -0.39 is 0 Å². The first-order valence-electron chi connectivity index (χ1n) is 7.78. The lowest BCUT2D eigenvalue weighted by Gasteiger charge is -2.33. The zero-order valence-electron chi connectivity index (χ0n) is 11.8. The Kier molecular flexibility index (Phi) is 4.86. The Bertz CT molecular complexity index is 422. The lowest BCUT2D eigenvalue weighted by atomic mass is 9.83. The minimum atomic E-state index is 0.625. The van der Waals surface area contributed by atoms with Gasteiger partial charge in [-0.2, -0.15) is 0 Å². The van der Waals surface area contributed by atoms with Crippen LogP contribution in [0.2, 0.25) is 0 Å². The highest BCUT2D eigenvalue weighted by atomic mass is 127. The molecular formula is C16H24INS. The van der Waals surface area contributed by atoms with Gasteiger partial charge >= 0.3 is 0 Å². The van der Waals surface area contributed by atoms with Crippen LogP contribution in [0.3, 0.4) is 0 Å². The molecule has 1 aromatic rings. The molecule has 2 aliphatic rings. The Labute approximate surface area is 134 Å². The van der Waals surface area contributed by atoms with Gasteiger partial charge < -0.3 is 5.32 Å². The van der Waals surface area contributed by atoms with E-state index >= 15 is 0 Å². The first kappa shape index (κ1) is 14.3. The molecule has 0 aromatic carbocycles. The van der Waals surface area contributed by atoms with Crippen LogP contribution in [0.25, 0.3) is 0 Å². The SMILES string of the molecule is C[C@@H](NC1CCCc2sc(I)cc21)C1CCCCC1. The third-order valence-electron chi connectivity index (χ3n) is 4.90. The van der Waals surface area contributed by atoms with E-state index in [1.807, 2.05) is 11.3 Å². The number of rotatable bonds is 3. The molecule has 0 saturated heterocycles. The summed E-state index contributed by atoms with van der Waals surface area (Å²) in [6.07, 6.45) is 11.2. The fraction of sp³-hybridized carbons (Fsp3) is 0.750. The van der Waals surface area contributed by atoms with Gasteiger partial charge in [-0.15, -0.1) is 11.3 Å². The smallest absolute Gasteiger partial charge is 0.0659 e. The monoisotopic (exact) mass is 389 g/mol. The largest absolute Gasteiger partial charge is 0.307 e. The number of nitrogens with one attached hydrogen (secondary N) is 1. The summed E-state index contributed by atoms with van der Waals surface area (Å²) in [5, 5.41) is 3.96. The maximum absolute atomic E-state index is 3.96. The zero-order valence-corrected chi connectivity index (χ0v) is 14.7. The van der Waals surface area contributed by atoms with Crippen LogP contribution in [-0.4, -0.2) is 6.04 Å². The zero-order chi connectivity index (χ0) is 13.2. The fourth-order valence-electron chi connectivity index (χ4n) is 3.78. The van der Waals surface area contributed by atoms with E-state index in [9.17, 15) is 0 Å². The molecule has 1 aromatic heterocycles. The highest BCUT2D eigenvalue weighted by Gasteiger charge is 2.27. The van der Waals surface area contributed by atoms with Gasteiger partial charge in [0.15, 0.2) is 0 Å². The Hall–Kier alpha value is 0.390. The first-order chi connectivity index (χ1) is 9.24. The highest BCUT2D eigenvalue weighted by molar-refractivity contribution is 14.1. The third kappa shape index (κ3) is 3.35. The van der Waals surface area contributed by atoms with Gasteiger partial charge in [-0.1, -0.05) is 19.3 Å². The third-order valence-corrected chi connectivity index (χ3v) is 6.88. The van der Waals surface area contributed by atoms with E-state index in [4.69, 9.17) is 0 Å². The molecule has 0 bridgehead atoms. The van der Waals surface area contributed by atoms with E-state index in [-0.39, 0.29) is 0 Å². The van der Waals surface area contributed by atoms with Crippen molar-refractivity contribution in [3.63, 3.8) is 0 Å². The predicted molar refractivity (Wildman–Crippen MR) is 91.9 cm³/mol. The maximum atomic E-state index is 3.96. The number of hydrogen-bond donors (Lipinski definition) is 1.